The van der Waals surface area contributed by atoms with Crippen LogP contribution in [0.5, 0.6) is 0 Å². The molecule has 1 amide bonds. The van der Waals surface area contributed by atoms with Gasteiger partial charge in [-0.2, -0.15) is 0 Å². The van der Waals surface area contributed by atoms with Crippen LogP contribution in [0.15, 0.2) is 18.2 Å². The van der Waals surface area contributed by atoms with Crippen LogP contribution in [0.3, 0.4) is 0 Å². The molecule has 18 heavy (non-hydrogen) atoms. The van der Waals surface area contributed by atoms with Crippen molar-refractivity contribution in [1.29, 1.82) is 0 Å². The predicted molar refractivity (Wildman–Crippen MR) is 73.6 cm³/mol. The van der Waals surface area contributed by atoms with E-state index in [2.05, 4.69) is 6.92 Å². The molecule has 1 aromatic rings. The zero-order valence-electron chi connectivity index (χ0n) is 11.4. The summed E-state index contributed by atoms with van der Waals surface area (Å²) in [7, 11) is 0. The second-order valence-corrected chi connectivity index (χ2v) is 5.58. The Bertz CT molecular complexity index is 426. The lowest BCUT2D eigenvalue weighted by Gasteiger charge is -2.35. The van der Waals surface area contributed by atoms with Gasteiger partial charge in [0.1, 0.15) is 0 Å². The average molecular weight is 246 g/mol. The predicted octanol–water partition coefficient (Wildman–Crippen LogP) is 2.11. The van der Waals surface area contributed by atoms with E-state index >= 15 is 0 Å². The highest BCUT2D eigenvalue weighted by atomic mass is 16.2. The fraction of sp³-hybridized carbons (Fsp3) is 0.533. The number of benzene rings is 1. The normalized spacial score (nSPS) is 24.1. The number of carbonyl (C=O) groups is 1. The lowest BCUT2D eigenvalue weighted by Crippen LogP contribution is -2.49. The lowest BCUT2D eigenvalue weighted by molar-refractivity contribution is 0.0659. The zero-order valence-corrected chi connectivity index (χ0v) is 11.4. The van der Waals surface area contributed by atoms with Gasteiger partial charge in [0.2, 0.25) is 0 Å². The van der Waals surface area contributed by atoms with Crippen molar-refractivity contribution >= 4 is 5.91 Å². The van der Waals surface area contributed by atoms with Crippen molar-refractivity contribution in [1.82, 2.24) is 4.90 Å². The van der Waals surface area contributed by atoms with Crippen molar-refractivity contribution in [3.8, 4) is 0 Å². The molecule has 2 unspecified atom stereocenters. The van der Waals surface area contributed by atoms with Crippen molar-refractivity contribution < 1.29 is 4.79 Å². The van der Waals surface area contributed by atoms with Gasteiger partial charge >= 0.3 is 0 Å². The van der Waals surface area contributed by atoms with Crippen LogP contribution in [0.2, 0.25) is 0 Å². The van der Waals surface area contributed by atoms with Crippen LogP contribution in [0.1, 0.15) is 34.8 Å². The van der Waals surface area contributed by atoms with Crippen LogP contribution in [0.25, 0.3) is 0 Å². The highest BCUT2D eigenvalue weighted by Crippen LogP contribution is 2.21. The second kappa shape index (κ2) is 5.11. The minimum Gasteiger partial charge on any atom is -0.337 e. The van der Waals surface area contributed by atoms with Gasteiger partial charge in [0.05, 0.1) is 0 Å². The van der Waals surface area contributed by atoms with E-state index in [0.717, 1.165) is 29.7 Å². The summed E-state index contributed by atoms with van der Waals surface area (Å²) in [6.45, 7) is 7.64. The average Bonchev–Trinajstić information content (AvgIpc) is 2.27. The number of nitrogens with two attached hydrogens (primary N) is 1. The van der Waals surface area contributed by atoms with Crippen LogP contribution in [0.4, 0.5) is 0 Å². The number of hydrogen-bond acceptors (Lipinski definition) is 2. The quantitative estimate of drug-likeness (QED) is 0.825. The monoisotopic (exact) mass is 246 g/mol. The Labute approximate surface area is 109 Å². The Balaban J connectivity index is 2.26. The van der Waals surface area contributed by atoms with Crippen molar-refractivity contribution in [3.05, 3.63) is 34.9 Å². The maximum absolute atomic E-state index is 12.6. The van der Waals surface area contributed by atoms with Gasteiger partial charge in [-0.05, 0) is 37.3 Å². The third-order valence-electron chi connectivity index (χ3n) is 3.67. The van der Waals surface area contributed by atoms with Gasteiger partial charge in [-0.15, -0.1) is 0 Å². The standard InChI is InChI=1S/C15H22N2O/c1-10-7-13(16)9-17(8-10)15(18)14-11(2)5-4-6-12(14)3/h4-6,10,13H,7-9,16H2,1-3H3. The summed E-state index contributed by atoms with van der Waals surface area (Å²) < 4.78 is 0. The summed E-state index contributed by atoms with van der Waals surface area (Å²) in [6, 6.07) is 6.09. The Morgan fingerprint density at radius 1 is 1.28 bits per heavy atom. The van der Waals surface area contributed by atoms with Crippen molar-refractivity contribution in [2.24, 2.45) is 11.7 Å². The molecule has 2 N–H and O–H groups in total. The van der Waals surface area contributed by atoms with Gasteiger partial charge in [0.15, 0.2) is 0 Å². The molecule has 1 aromatic carbocycles. The number of carbonyl (C=O) groups excluding carboxylic acids is 1. The number of amides is 1. The molecule has 1 aliphatic rings. The minimum absolute atomic E-state index is 0.113. The fourth-order valence-corrected chi connectivity index (χ4v) is 2.88. The molecule has 1 aliphatic heterocycles. The van der Waals surface area contributed by atoms with E-state index in [0.29, 0.717) is 12.5 Å². The van der Waals surface area contributed by atoms with Gasteiger partial charge in [0.25, 0.3) is 5.91 Å². The first-order valence-electron chi connectivity index (χ1n) is 6.60. The third kappa shape index (κ3) is 2.56. The first kappa shape index (κ1) is 13.1. The topological polar surface area (TPSA) is 46.3 Å². The van der Waals surface area contributed by atoms with Crippen LogP contribution in [-0.4, -0.2) is 29.9 Å². The molecule has 1 heterocycles. The molecule has 2 rings (SSSR count). The highest BCUT2D eigenvalue weighted by Gasteiger charge is 2.27. The van der Waals surface area contributed by atoms with E-state index in [1.54, 1.807) is 0 Å². The number of rotatable bonds is 1. The number of hydrogen-bond donors (Lipinski definition) is 1. The Kier molecular flexibility index (Phi) is 3.71. The van der Waals surface area contributed by atoms with E-state index in [-0.39, 0.29) is 11.9 Å². The van der Waals surface area contributed by atoms with E-state index in [1.807, 2.05) is 36.9 Å². The molecule has 0 aliphatic carbocycles. The van der Waals surface area contributed by atoms with Gasteiger partial charge in [-0.1, -0.05) is 25.1 Å². The van der Waals surface area contributed by atoms with Crippen molar-refractivity contribution in [3.63, 3.8) is 0 Å². The Morgan fingerprint density at radius 3 is 2.44 bits per heavy atom. The van der Waals surface area contributed by atoms with E-state index in [9.17, 15) is 4.79 Å². The molecule has 3 heteroatoms. The van der Waals surface area contributed by atoms with E-state index in [4.69, 9.17) is 5.73 Å². The van der Waals surface area contributed by atoms with Gasteiger partial charge in [0, 0.05) is 24.7 Å². The maximum atomic E-state index is 12.6. The summed E-state index contributed by atoms with van der Waals surface area (Å²) >= 11 is 0. The zero-order chi connectivity index (χ0) is 13.3. The first-order valence-corrected chi connectivity index (χ1v) is 6.60. The minimum atomic E-state index is 0.113. The second-order valence-electron chi connectivity index (χ2n) is 5.58. The molecule has 0 saturated carbocycles. The first-order chi connectivity index (χ1) is 8.49. The molecule has 0 aromatic heterocycles. The molecule has 1 fully saturated rings. The third-order valence-corrected chi connectivity index (χ3v) is 3.67. The Hall–Kier alpha value is -1.35. The van der Waals surface area contributed by atoms with Crippen molar-refractivity contribution in [2.45, 2.75) is 33.2 Å². The number of aryl methyl sites for hydroxylation is 2. The van der Waals surface area contributed by atoms with Crippen LogP contribution in [-0.2, 0) is 0 Å². The smallest absolute Gasteiger partial charge is 0.254 e. The summed E-state index contributed by atoms with van der Waals surface area (Å²) in [5.41, 5.74) is 8.96. The molecule has 98 valence electrons. The summed E-state index contributed by atoms with van der Waals surface area (Å²) in [6.07, 6.45) is 1.01. The summed E-state index contributed by atoms with van der Waals surface area (Å²) in [5.74, 6) is 0.620. The largest absolute Gasteiger partial charge is 0.337 e. The van der Waals surface area contributed by atoms with E-state index < -0.39 is 0 Å². The molecular formula is C15H22N2O. The number of nitrogens with zero attached hydrogens (tertiary/aromatic N) is 1. The summed E-state index contributed by atoms with van der Waals surface area (Å²) in [4.78, 5) is 14.5. The lowest BCUT2D eigenvalue weighted by atomic mass is 9.94. The van der Waals surface area contributed by atoms with Crippen molar-refractivity contribution in [2.75, 3.05) is 13.1 Å². The highest BCUT2D eigenvalue weighted by molar-refractivity contribution is 5.97. The number of piperidine rings is 1. The molecule has 3 nitrogen and oxygen atoms in total. The maximum Gasteiger partial charge on any atom is 0.254 e. The molecule has 2 atom stereocenters. The molecular weight excluding hydrogens is 224 g/mol. The van der Waals surface area contributed by atoms with Gasteiger partial charge < -0.3 is 10.6 Å². The van der Waals surface area contributed by atoms with Gasteiger partial charge in [-0.25, -0.2) is 0 Å². The summed E-state index contributed by atoms with van der Waals surface area (Å²) in [5, 5.41) is 0. The molecule has 0 spiro atoms. The van der Waals surface area contributed by atoms with Crippen LogP contribution >= 0.6 is 0 Å². The fourth-order valence-electron chi connectivity index (χ4n) is 2.88. The van der Waals surface area contributed by atoms with Gasteiger partial charge in [-0.3, -0.25) is 4.79 Å². The van der Waals surface area contributed by atoms with E-state index in [1.165, 1.54) is 0 Å². The van der Waals surface area contributed by atoms with Crippen LogP contribution < -0.4 is 5.73 Å². The molecule has 0 bridgehead atoms. The molecule has 0 radical (unpaired) electrons. The Morgan fingerprint density at radius 2 is 1.89 bits per heavy atom. The number of likely N-dealkylation sites (tertiary alicyclic amines) is 1. The molecule has 1 saturated heterocycles. The van der Waals surface area contributed by atoms with Crippen LogP contribution in [0, 0.1) is 19.8 Å². The SMILES string of the molecule is Cc1cccc(C)c1C(=O)N1CC(C)CC(N)C1.